The van der Waals surface area contributed by atoms with Gasteiger partial charge in [-0.25, -0.2) is 0 Å². The van der Waals surface area contributed by atoms with Gasteiger partial charge >= 0.3 is 0 Å². The average Bonchev–Trinajstić information content (AvgIpc) is 2.27. The summed E-state index contributed by atoms with van der Waals surface area (Å²) >= 11 is 5.83. The quantitative estimate of drug-likeness (QED) is 0.649. The van der Waals surface area contributed by atoms with E-state index in [-0.39, 0.29) is 11.7 Å². The summed E-state index contributed by atoms with van der Waals surface area (Å²) in [6, 6.07) is 3.79. The third-order valence-corrected chi connectivity index (χ3v) is 3.08. The van der Waals surface area contributed by atoms with E-state index in [0.29, 0.717) is 24.1 Å². The SMILES string of the molecule is Cc1cc2c(c(C(=O)C(C)Cl)c1)NC(=O)CC2. The number of carbonyl (C=O) groups excluding carboxylic acids is 2. The van der Waals surface area contributed by atoms with Crippen molar-refractivity contribution < 1.29 is 9.59 Å². The Labute approximate surface area is 105 Å². The molecular weight excluding hydrogens is 238 g/mol. The number of hydrogen-bond acceptors (Lipinski definition) is 2. The van der Waals surface area contributed by atoms with Gasteiger partial charge in [-0.15, -0.1) is 11.6 Å². The summed E-state index contributed by atoms with van der Waals surface area (Å²) < 4.78 is 0. The van der Waals surface area contributed by atoms with Crippen LogP contribution in [0.5, 0.6) is 0 Å². The lowest BCUT2D eigenvalue weighted by molar-refractivity contribution is -0.116. The summed E-state index contributed by atoms with van der Waals surface area (Å²) in [5, 5.41) is 2.19. The number of halogens is 1. The fourth-order valence-corrected chi connectivity index (χ4v) is 2.18. The van der Waals surface area contributed by atoms with Gasteiger partial charge in [-0.2, -0.15) is 0 Å². The van der Waals surface area contributed by atoms with E-state index < -0.39 is 5.38 Å². The number of amides is 1. The van der Waals surface area contributed by atoms with Crippen LogP contribution in [0.2, 0.25) is 0 Å². The van der Waals surface area contributed by atoms with Crippen molar-refractivity contribution in [3.05, 3.63) is 28.8 Å². The van der Waals surface area contributed by atoms with Crippen molar-refractivity contribution in [2.24, 2.45) is 0 Å². The molecule has 1 aromatic carbocycles. The highest BCUT2D eigenvalue weighted by molar-refractivity contribution is 6.34. The second kappa shape index (κ2) is 4.49. The molecule has 0 aromatic heterocycles. The smallest absolute Gasteiger partial charge is 0.224 e. The summed E-state index contributed by atoms with van der Waals surface area (Å²) in [5.41, 5.74) is 3.20. The Kier molecular flexibility index (Phi) is 3.20. The van der Waals surface area contributed by atoms with E-state index in [1.807, 2.05) is 13.0 Å². The molecule has 1 aliphatic heterocycles. The van der Waals surface area contributed by atoms with Crippen LogP contribution in [0.1, 0.15) is 34.8 Å². The lowest BCUT2D eigenvalue weighted by Gasteiger charge is -2.21. The highest BCUT2D eigenvalue weighted by Crippen LogP contribution is 2.29. The van der Waals surface area contributed by atoms with Gasteiger partial charge in [-0.3, -0.25) is 9.59 Å². The van der Waals surface area contributed by atoms with Crippen molar-refractivity contribution in [2.75, 3.05) is 5.32 Å². The van der Waals surface area contributed by atoms with Crippen molar-refractivity contribution in [3.8, 4) is 0 Å². The lowest BCUT2D eigenvalue weighted by atomic mass is 9.94. The topological polar surface area (TPSA) is 46.2 Å². The number of benzene rings is 1. The summed E-state index contributed by atoms with van der Waals surface area (Å²) in [7, 11) is 0. The molecule has 0 saturated heterocycles. The van der Waals surface area contributed by atoms with E-state index in [1.54, 1.807) is 13.0 Å². The molecule has 1 heterocycles. The van der Waals surface area contributed by atoms with Crippen LogP contribution < -0.4 is 5.32 Å². The van der Waals surface area contributed by atoms with E-state index in [9.17, 15) is 9.59 Å². The maximum Gasteiger partial charge on any atom is 0.224 e. The number of fused-ring (bicyclic) bond motifs is 1. The number of ketones is 1. The molecule has 0 radical (unpaired) electrons. The second-order valence-electron chi connectivity index (χ2n) is 4.38. The zero-order valence-corrected chi connectivity index (χ0v) is 10.6. The Morgan fingerprint density at radius 3 is 2.76 bits per heavy atom. The monoisotopic (exact) mass is 251 g/mol. The number of hydrogen-bond donors (Lipinski definition) is 1. The molecule has 0 saturated carbocycles. The molecule has 1 amide bonds. The van der Waals surface area contributed by atoms with Gasteiger partial charge in [-0.05, 0) is 37.5 Å². The zero-order valence-electron chi connectivity index (χ0n) is 9.84. The first-order valence-electron chi connectivity index (χ1n) is 5.60. The average molecular weight is 252 g/mol. The molecular formula is C13H14ClNO2. The molecule has 4 heteroatoms. The second-order valence-corrected chi connectivity index (χ2v) is 5.03. The number of carbonyl (C=O) groups is 2. The van der Waals surface area contributed by atoms with Crippen LogP contribution in [0.25, 0.3) is 0 Å². The lowest BCUT2D eigenvalue weighted by Crippen LogP contribution is -2.23. The van der Waals surface area contributed by atoms with Gasteiger partial charge in [0.25, 0.3) is 0 Å². The highest BCUT2D eigenvalue weighted by Gasteiger charge is 2.23. The van der Waals surface area contributed by atoms with Crippen LogP contribution in [0, 0.1) is 6.92 Å². The standard InChI is InChI=1S/C13H14ClNO2/c1-7-5-9-3-4-11(16)15-12(9)10(6-7)13(17)8(2)14/h5-6,8H,3-4H2,1-2H3,(H,15,16). The van der Waals surface area contributed by atoms with E-state index in [1.165, 1.54) is 0 Å². The molecule has 1 aliphatic rings. The maximum atomic E-state index is 12.0. The van der Waals surface area contributed by atoms with Gasteiger partial charge in [0.2, 0.25) is 5.91 Å². The van der Waals surface area contributed by atoms with Gasteiger partial charge in [0.05, 0.1) is 11.1 Å². The zero-order chi connectivity index (χ0) is 12.6. The first-order valence-corrected chi connectivity index (χ1v) is 6.04. The van der Waals surface area contributed by atoms with Crippen molar-refractivity contribution in [2.45, 2.75) is 32.1 Å². The molecule has 17 heavy (non-hydrogen) atoms. The van der Waals surface area contributed by atoms with E-state index in [2.05, 4.69) is 5.32 Å². The number of aryl methyl sites for hydroxylation is 2. The summed E-state index contributed by atoms with van der Waals surface area (Å²) in [6.07, 6.45) is 1.15. The van der Waals surface area contributed by atoms with E-state index >= 15 is 0 Å². The van der Waals surface area contributed by atoms with Crippen LogP contribution in [0.4, 0.5) is 5.69 Å². The summed E-state index contributed by atoms with van der Waals surface area (Å²) in [6.45, 7) is 3.58. The van der Waals surface area contributed by atoms with Gasteiger partial charge < -0.3 is 5.32 Å². The van der Waals surface area contributed by atoms with Gasteiger partial charge in [0, 0.05) is 12.0 Å². The molecule has 0 aliphatic carbocycles. The van der Waals surface area contributed by atoms with E-state index in [0.717, 1.165) is 11.1 Å². The maximum absolute atomic E-state index is 12.0. The van der Waals surface area contributed by atoms with Crippen molar-refractivity contribution >= 4 is 29.0 Å². The fourth-order valence-electron chi connectivity index (χ4n) is 2.06. The van der Waals surface area contributed by atoms with Crippen LogP contribution in [0.15, 0.2) is 12.1 Å². The van der Waals surface area contributed by atoms with E-state index in [4.69, 9.17) is 11.6 Å². The third kappa shape index (κ3) is 2.34. The molecule has 1 aromatic rings. The minimum Gasteiger partial charge on any atom is -0.325 e. The Morgan fingerprint density at radius 1 is 1.41 bits per heavy atom. The van der Waals surface area contributed by atoms with Crippen LogP contribution >= 0.6 is 11.6 Å². The van der Waals surface area contributed by atoms with Crippen LogP contribution in [-0.2, 0) is 11.2 Å². The third-order valence-electron chi connectivity index (χ3n) is 2.88. The first kappa shape index (κ1) is 12.1. The highest BCUT2D eigenvalue weighted by atomic mass is 35.5. The molecule has 1 N–H and O–H groups in total. The predicted octanol–water partition coefficient (Wildman–Crippen LogP) is 2.69. The Bertz CT molecular complexity index is 494. The minimum atomic E-state index is -0.584. The normalized spacial score (nSPS) is 16.1. The number of rotatable bonds is 2. The summed E-state index contributed by atoms with van der Waals surface area (Å²) in [5.74, 6) is -0.188. The Hall–Kier alpha value is -1.35. The molecule has 0 spiro atoms. The molecule has 90 valence electrons. The Morgan fingerprint density at radius 2 is 2.12 bits per heavy atom. The summed E-state index contributed by atoms with van der Waals surface area (Å²) in [4.78, 5) is 23.4. The van der Waals surface area contributed by atoms with Crippen LogP contribution in [-0.4, -0.2) is 17.1 Å². The number of nitrogens with one attached hydrogen (secondary N) is 1. The molecule has 2 rings (SSSR count). The molecule has 3 nitrogen and oxygen atoms in total. The largest absolute Gasteiger partial charge is 0.325 e. The minimum absolute atomic E-state index is 0.0439. The number of anilines is 1. The first-order chi connectivity index (χ1) is 7.99. The van der Waals surface area contributed by atoms with Gasteiger partial charge in [0.1, 0.15) is 0 Å². The van der Waals surface area contributed by atoms with Crippen LogP contribution in [0.3, 0.4) is 0 Å². The van der Waals surface area contributed by atoms with Crippen molar-refractivity contribution in [3.63, 3.8) is 0 Å². The fraction of sp³-hybridized carbons (Fsp3) is 0.385. The van der Waals surface area contributed by atoms with Crippen molar-refractivity contribution in [1.29, 1.82) is 0 Å². The molecule has 0 fully saturated rings. The van der Waals surface area contributed by atoms with Crippen molar-refractivity contribution in [1.82, 2.24) is 0 Å². The molecule has 1 unspecified atom stereocenters. The Balaban J connectivity index is 2.54. The van der Waals surface area contributed by atoms with Gasteiger partial charge in [-0.1, -0.05) is 6.07 Å². The number of alkyl halides is 1. The molecule has 1 atom stereocenters. The number of Topliss-reactive ketones (excluding diaryl/α,β-unsaturated/α-hetero) is 1. The molecule has 0 bridgehead atoms. The predicted molar refractivity (Wildman–Crippen MR) is 67.8 cm³/mol. The van der Waals surface area contributed by atoms with Gasteiger partial charge in [0.15, 0.2) is 5.78 Å².